The van der Waals surface area contributed by atoms with E-state index in [2.05, 4.69) is 24.1 Å². The topological polar surface area (TPSA) is 58.4 Å². The quantitative estimate of drug-likeness (QED) is 0.655. The van der Waals surface area contributed by atoms with Crippen molar-refractivity contribution >= 4 is 5.69 Å². The number of nitrogens with one attached hydrogen (secondary N) is 1. The Morgan fingerprint density at radius 3 is 2.89 bits per heavy atom. The van der Waals surface area contributed by atoms with Gasteiger partial charge in [-0.2, -0.15) is 0 Å². The van der Waals surface area contributed by atoms with Gasteiger partial charge in [-0.25, -0.2) is 0 Å². The summed E-state index contributed by atoms with van der Waals surface area (Å²) in [6, 6.07) is 7.83. The van der Waals surface area contributed by atoms with Crippen molar-refractivity contribution in [3.8, 4) is 0 Å². The third kappa shape index (κ3) is 2.86. The maximum atomic E-state index is 11.0. The maximum Gasteiger partial charge on any atom is 0.273 e. The second-order valence-electron chi connectivity index (χ2n) is 4.97. The van der Waals surface area contributed by atoms with E-state index in [-0.39, 0.29) is 10.6 Å². The van der Waals surface area contributed by atoms with E-state index in [9.17, 15) is 10.1 Å². The highest BCUT2D eigenvalue weighted by Gasteiger charge is 2.24. The molecule has 0 radical (unpaired) electrons. The SMILES string of the molecule is CC1CN(Cc2ccccc2[N+](=O)[O-])C(C)CN1. The molecule has 18 heavy (non-hydrogen) atoms. The highest BCUT2D eigenvalue weighted by atomic mass is 16.6. The molecule has 0 aliphatic carbocycles. The van der Waals surface area contributed by atoms with E-state index in [1.807, 2.05) is 12.1 Å². The first-order valence-electron chi connectivity index (χ1n) is 6.27. The van der Waals surface area contributed by atoms with Crippen molar-refractivity contribution in [2.45, 2.75) is 32.5 Å². The molecule has 1 saturated heterocycles. The molecule has 5 heteroatoms. The van der Waals surface area contributed by atoms with Gasteiger partial charge in [0, 0.05) is 43.3 Å². The summed E-state index contributed by atoms with van der Waals surface area (Å²) in [5.74, 6) is 0. The average molecular weight is 249 g/mol. The van der Waals surface area contributed by atoms with Crippen molar-refractivity contribution < 1.29 is 4.92 Å². The van der Waals surface area contributed by atoms with E-state index < -0.39 is 0 Å². The van der Waals surface area contributed by atoms with Crippen LogP contribution in [0.15, 0.2) is 24.3 Å². The number of hydrogen-bond acceptors (Lipinski definition) is 4. The molecule has 0 amide bonds. The summed E-state index contributed by atoms with van der Waals surface area (Å²) in [6.45, 7) is 6.78. The van der Waals surface area contributed by atoms with Crippen molar-refractivity contribution in [2.75, 3.05) is 13.1 Å². The Hall–Kier alpha value is -1.46. The van der Waals surface area contributed by atoms with Crippen molar-refractivity contribution in [1.29, 1.82) is 0 Å². The van der Waals surface area contributed by atoms with E-state index in [4.69, 9.17) is 0 Å². The van der Waals surface area contributed by atoms with Crippen molar-refractivity contribution in [3.05, 3.63) is 39.9 Å². The first-order chi connectivity index (χ1) is 8.58. The van der Waals surface area contributed by atoms with Gasteiger partial charge >= 0.3 is 0 Å². The van der Waals surface area contributed by atoms with E-state index in [0.29, 0.717) is 18.6 Å². The molecular formula is C13H19N3O2. The standard InChI is InChI=1S/C13H19N3O2/c1-10-8-15(11(2)7-14-10)9-12-5-3-4-6-13(12)16(17)18/h3-6,10-11,14H,7-9H2,1-2H3. The number of benzene rings is 1. The average Bonchev–Trinajstić information content (AvgIpc) is 2.34. The summed E-state index contributed by atoms with van der Waals surface area (Å²) < 4.78 is 0. The van der Waals surface area contributed by atoms with Crippen LogP contribution in [0.1, 0.15) is 19.4 Å². The predicted octanol–water partition coefficient (Wildman–Crippen LogP) is 1.78. The minimum atomic E-state index is -0.300. The number of nitrogens with zero attached hydrogens (tertiary/aromatic N) is 2. The van der Waals surface area contributed by atoms with Gasteiger partial charge in [0.15, 0.2) is 0 Å². The van der Waals surface area contributed by atoms with Gasteiger partial charge in [-0.3, -0.25) is 15.0 Å². The van der Waals surface area contributed by atoms with Crippen LogP contribution in [0.2, 0.25) is 0 Å². The summed E-state index contributed by atoms with van der Waals surface area (Å²) >= 11 is 0. The molecule has 1 fully saturated rings. The number of nitro groups is 1. The van der Waals surface area contributed by atoms with Gasteiger partial charge < -0.3 is 5.32 Å². The van der Waals surface area contributed by atoms with Crippen LogP contribution in [0.4, 0.5) is 5.69 Å². The van der Waals surface area contributed by atoms with Crippen LogP contribution in [0.25, 0.3) is 0 Å². The van der Waals surface area contributed by atoms with E-state index in [1.54, 1.807) is 12.1 Å². The summed E-state index contributed by atoms with van der Waals surface area (Å²) in [7, 11) is 0. The molecule has 0 saturated carbocycles. The van der Waals surface area contributed by atoms with Crippen molar-refractivity contribution in [3.63, 3.8) is 0 Å². The zero-order valence-corrected chi connectivity index (χ0v) is 10.8. The molecule has 1 aliphatic heterocycles. The van der Waals surface area contributed by atoms with Gasteiger partial charge in [0.25, 0.3) is 5.69 Å². The molecule has 1 aromatic rings. The molecule has 1 aliphatic rings. The lowest BCUT2D eigenvalue weighted by Crippen LogP contribution is -2.53. The molecule has 1 N–H and O–H groups in total. The van der Waals surface area contributed by atoms with E-state index >= 15 is 0 Å². The number of para-hydroxylation sites is 1. The van der Waals surface area contributed by atoms with Crippen molar-refractivity contribution in [1.82, 2.24) is 10.2 Å². The summed E-state index contributed by atoms with van der Waals surface area (Å²) in [5, 5.41) is 14.4. The minimum Gasteiger partial charge on any atom is -0.311 e. The van der Waals surface area contributed by atoms with Gasteiger partial charge in [0.1, 0.15) is 0 Å². The smallest absolute Gasteiger partial charge is 0.273 e. The van der Waals surface area contributed by atoms with Gasteiger partial charge in [-0.05, 0) is 13.8 Å². The fourth-order valence-corrected chi connectivity index (χ4v) is 2.36. The third-order valence-corrected chi connectivity index (χ3v) is 3.46. The zero-order valence-electron chi connectivity index (χ0n) is 10.8. The predicted molar refractivity (Wildman–Crippen MR) is 70.4 cm³/mol. The van der Waals surface area contributed by atoms with Gasteiger partial charge in [0.2, 0.25) is 0 Å². The Bertz CT molecular complexity index is 436. The highest BCUT2D eigenvalue weighted by Crippen LogP contribution is 2.21. The second kappa shape index (κ2) is 5.46. The van der Waals surface area contributed by atoms with Crippen LogP contribution in [0, 0.1) is 10.1 Å². The molecular weight excluding hydrogens is 230 g/mol. The van der Waals surface area contributed by atoms with E-state index in [1.165, 1.54) is 0 Å². The molecule has 5 nitrogen and oxygen atoms in total. The summed E-state index contributed by atoms with van der Waals surface area (Å²) in [6.07, 6.45) is 0. The van der Waals surface area contributed by atoms with Crippen molar-refractivity contribution in [2.24, 2.45) is 0 Å². The summed E-state index contributed by atoms with van der Waals surface area (Å²) in [5.41, 5.74) is 1.01. The zero-order chi connectivity index (χ0) is 13.1. The first-order valence-corrected chi connectivity index (χ1v) is 6.27. The minimum absolute atomic E-state index is 0.218. The summed E-state index contributed by atoms with van der Waals surface area (Å²) in [4.78, 5) is 13.0. The lowest BCUT2D eigenvalue weighted by atomic mass is 10.1. The van der Waals surface area contributed by atoms with Gasteiger partial charge in [-0.1, -0.05) is 18.2 Å². The lowest BCUT2D eigenvalue weighted by Gasteiger charge is -2.37. The van der Waals surface area contributed by atoms with Crippen LogP contribution >= 0.6 is 0 Å². The molecule has 0 bridgehead atoms. The lowest BCUT2D eigenvalue weighted by molar-refractivity contribution is -0.385. The Morgan fingerprint density at radius 2 is 2.17 bits per heavy atom. The molecule has 1 aromatic carbocycles. The van der Waals surface area contributed by atoms with Gasteiger partial charge in [-0.15, -0.1) is 0 Å². The fraction of sp³-hybridized carbons (Fsp3) is 0.538. The molecule has 0 spiro atoms. The number of nitro benzene ring substituents is 1. The fourth-order valence-electron chi connectivity index (χ4n) is 2.36. The Labute approximate surface area is 107 Å². The first kappa shape index (κ1) is 13.0. The highest BCUT2D eigenvalue weighted by molar-refractivity contribution is 5.39. The third-order valence-electron chi connectivity index (χ3n) is 3.46. The molecule has 0 aromatic heterocycles. The number of rotatable bonds is 3. The molecule has 2 rings (SSSR count). The molecule has 2 atom stereocenters. The Kier molecular flexibility index (Phi) is 3.93. The maximum absolute atomic E-state index is 11.0. The number of hydrogen-bond donors (Lipinski definition) is 1. The monoisotopic (exact) mass is 249 g/mol. The Balaban J connectivity index is 2.15. The molecule has 98 valence electrons. The second-order valence-corrected chi connectivity index (χ2v) is 4.97. The number of piperazine rings is 1. The van der Waals surface area contributed by atoms with Crippen LogP contribution in [0.5, 0.6) is 0 Å². The Morgan fingerprint density at radius 1 is 1.44 bits per heavy atom. The van der Waals surface area contributed by atoms with Crippen LogP contribution < -0.4 is 5.32 Å². The van der Waals surface area contributed by atoms with E-state index in [0.717, 1.165) is 18.7 Å². The molecule has 2 unspecified atom stereocenters. The largest absolute Gasteiger partial charge is 0.311 e. The van der Waals surface area contributed by atoms with Crippen LogP contribution in [-0.2, 0) is 6.54 Å². The van der Waals surface area contributed by atoms with Crippen LogP contribution in [-0.4, -0.2) is 35.0 Å². The molecule has 1 heterocycles. The van der Waals surface area contributed by atoms with Gasteiger partial charge in [0.05, 0.1) is 4.92 Å². The van der Waals surface area contributed by atoms with Crippen LogP contribution in [0.3, 0.4) is 0 Å². The normalized spacial score (nSPS) is 25.0.